The molecule has 1 aromatic carbocycles. The first-order chi connectivity index (χ1) is 7.77. The zero-order chi connectivity index (χ0) is 13.3. The number of aromatic carboxylic acids is 1. The van der Waals surface area contributed by atoms with E-state index in [4.69, 9.17) is 5.11 Å². The van der Waals surface area contributed by atoms with Crippen molar-refractivity contribution in [2.24, 2.45) is 0 Å². The van der Waals surface area contributed by atoms with Crippen LogP contribution < -0.4 is 0 Å². The summed E-state index contributed by atoms with van der Waals surface area (Å²) >= 11 is 2.66. The molecule has 0 aliphatic rings. The molecular weight excluding hydrogens is 304 g/mol. The number of nitro groups is 2. The molecule has 0 radical (unpaired) electrons. The second-order valence-corrected chi connectivity index (χ2v) is 3.62. The van der Waals surface area contributed by atoms with Crippen LogP contribution in [0.1, 0.15) is 10.4 Å². The first kappa shape index (κ1) is 12.8. The maximum Gasteiger partial charge on any atom is 0.350 e. The number of halogens is 1. The number of phenols is 1. The van der Waals surface area contributed by atoms with Gasteiger partial charge in [-0.3, -0.25) is 20.2 Å². The Balaban J connectivity index is 3.85. The zero-order valence-corrected chi connectivity index (χ0v) is 9.37. The Kier molecular flexibility index (Phi) is 3.27. The molecule has 2 N–H and O–H groups in total. The van der Waals surface area contributed by atoms with Crippen molar-refractivity contribution in [3.8, 4) is 5.75 Å². The molecule has 0 aliphatic carbocycles. The lowest BCUT2D eigenvalue weighted by Crippen LogP contribution is -2.08. The van der Waals surface area contributed by atoms with E-state index >= 15 is 0 Å². The number of hydrogen-bond acceptors (Lipinski definition) is 6. The Hall–Kier alpha value is -2.23. The highest BCUT2D eigenvalue weighted by molar-refractivity contribution is 9.10. The predicted octanol–water partition coefficient (Wildman–Crippen LogP) is 1.67. The summed E-state index contributed by atoms with van der Waals surface area (Å²) in [5.74, 6) is -2.84. The summed E-state index contributed by atoms with van der Waals surface area (Å²) in [7, 11) is 0. The molecule has 1 rings (SSSR count). The Bertz CT molecular complexity index is 503. The van der Waals surface area contributed by atoms with Crippen LogP contribution in [0.25, 0.3) is 0 Å². The molecule has 0 heterocycles. The van der Waals surface area contributed by atoms with Crippen LogP contribution in [0.2, 0.25) is 0 Å². The van der Waals surface area contributed by atoms with Gasteiger partial charge >= 0.3 is 17.3 Å². The first-order valence-electron chi connectivity index (χ1n) is 3.85. The van der Waals surface area contributed by atoms with Crippen molar-refractivity contribution in [2.45, 2.75) is 0 Å². The van der Waals surface area contributed by atoms with Gasteiger partial charge in [0.1, 0.15) is 4.47 Å². The van der Waals surface area contributed by atoms with Gasteiger partial charge in [-0.1, -0.05) is 0 Å². The third-order valence-electron chi connectivity index (χ3n) is 1.78. The minimum Gasteiger partial charge on any atom is -0.502 e. The number of nitrogens with zero attached hydrogens (tertiary/aromatic N) is 2. The molecule has 0 unspecified atom stereocenters. The molecule has 9 nitrogen and oxygen atoms in total. The van der Waals surface area contributed by atoms with Gasteiger partial charge in [-0.25, -0.2) is 4.79 Å². The molecule has 0 spiro atoms. The summed E-state index contributed by atoms with van der Waals surface area (Å²) < 4.78 is -0.358. The van der Waals surface area contributed by atoms with E-state index < -0.39 is 38.5 Å². The van der Waals surface area contributed by atoms with E-state index in [0.717, 1.165) is 0 Å². The van der Waals surface area contributed by atoms with Crippen molar-refractivity contribution < 1.29 is 24.9 Å². The third-order valence-corrected chi connectivity index (χ3v) is 2.39. The second-order valence-electron chi connectivity index (χ2n) is 2.77. The molecule has 0 amide bonds. The molecule has 0 bridgehead atoms. The summed E-state index contributed by atoms with van der Waals surface area (Å²) in [6.45, 7) is 0. The van der Waals surface area contributed by atoms with E-state index in [1.165, 1.54) is 0 Å². The van der Waals surface area contributed by atoms with Gasteiger partial charge in [-0.15, -0.1) is 0 Å². The molecule has 1 aromatic rings. The number of carboxylic acid groups (broad SMARTS) is 1. The maximum atomic E-state index is 10.8. The van der Waals surface area contributed by atoms with Gasteiger partial charge in [-0.2, -0.15) is 0 Å². The monoisotopic (exact) mass is 306 g/mol. The highest BCUT2D eigenvalue weighted by atomic mass is 79.9. The molecule has 0 saturated carbocycles. The number of phenolic OH excluding ortho intramolecular Hbond substituents is 1. The Morgan fingerprint density at radius 1 is 1.24 bits per heavy atom. The summed E-state index contributed by atoms with van der Waals surface area (Å²) in [5, 5.41) is 39.2. The standard InChI is InChI=1S/C7H3BrN2O7/c8-2-1-3(11)6(10(16)17)4(7(12)13)5(2)9(14)15/h1,11H,(H,12,13). The highest BCUT2D eigenvalue weighted by Gasteiger charge is 2.36. The number of nitro benzene ring substituents is 2. The normalized spacial score (nSPS) is 9.94. The second kappa shape index (κ2) is 4.33. The molecule has 0 saturated heterocycles. The Morgan fingerprint density at radius 2 is 1.71 bits per heavy atom. The average Bonchev–Trinajstić information content (AvgIpc) is 2.14. The van der Waals surface area contributed by atoms with E-state index in [9.17, 15) is 30.1 Å². The molecule has 17 heavy (non-hydrogen) atoms. The van der Waals surface area contributed by atoms with Gasteiger partial charge in [0, 0.05) is 6.07 Å². The van der Waals surface area contributed by atoms with E-state index in [-0.39, 0.29) is 4.47 Å². The maximum absolute atomic E-state index is 10.8. The number of carboxylic acids is 1. The number of benzene rings is 1. The predicted molar refractivity (Wildman–Crippen MR) is 56.1 cm³/mol. The lowest BCUT2D eigenvalue weighted by Gasteiger charge is -2.03. The van der Waals surface area contributed by atoms with Crippen molar-refractivity contribution in [1.82, 2.24) is 0 Å². The third kappa shape index (κ3) is 2.15. The fourth-order valence-corrected chi connectivity index (χ4v) is 1.74. The minimum absolute atomic E-state index is 0.358. The zero-order valence-electron chi connectivity index (χ0n) is 7.79. The van der Waals surface area contributed by atoms with E-state index in [1.54, 1.807) is 0 Å². The minimum atomic E-state index is -1.88. The summed E-state index contributed by atoms with van der Waals surface area (Å²) in [4.78, 5) is 29.8. The molecule has 10 heteroatoms. The van der Waals surface area contributed by atoms with Gasteiger partial charge < -0.3 is 10.2 Å². The number of rotatable bonds is 3. The van der Waals surface area contributed by atoms with Crippen molar-refractivity contribution in [3.63, 3.8) is 0 Å². The van der Waals surface area contributed by atoms with Crippen molar-refractivity contribution in [2.75, 3.05) is 0 Å². The number of aromatic hydroxyl groups is 1. The number of carbonyl (C=O) groups is 1. The molecule has 0 fully saturated rings. The van der Waals surface area contributed by atoms with Crippen LogP contribution in [0.4, 0.5) is 11.4 Å². The largest absolute Gasteiger partial charge is 0.502 e. The van der Waals surface area contributed by atoms with Gasteiger partial charge in [-0.05, 0) is 15.9 Å². The van der Waals surface area contributed by atoms with Crippen LogP contribution in [-0.2, 0) is 0 Å². The van der Waals surface area contributed by atoms with Crippen LogP contribution >= 0.6 is 15.9 Å². The number of hydrogen-bond donors (Lipinski definition) is 2. The fraction of sp³-hybridized carbons (Fsp3) is 0. The van der Waals surface area contributed by atoms with Crippen LogP contribution in [0.5, 0.6) is 5.75 Å². The Morgan fingerprint density at radius 3 is 2.06 bits per heavy atom. The molecule has 0 aromatic heterocycles. The van der Waals surface area contributed by atoms with Gasteiger partial charge in [0.2, 0.25) is 5.56 Å². The van der Waals surface area contributed by atoms with Crippen molar-refractivity contribution >= 4 is 33.3 Å². The lowest BCUT2D eigenvalue weighted by molar-refractivity contribution is -0.395. The van der Waals surface area contributed by atoms with Crippen LogP contribution in [0.15, 0.2) is 10.5 Å². The van der Waals surface area contributed by atoms with Gasteiger partial charge in [0.25, 0.3) is 0 Å². The van der Waals surface area contributed by atoms with Crippen molar-refractivity contribution in [3.05, 3.63) is 36.3 Å². The molecule has 0 aliphatic heterocycles. The molecule has 0 atom stereocenters. The van der Waals surface area contributed by atoms with Crippen LogP contribution in [-0.4, -0.2) is 26.0 Å². The van der Waals surface area contributed by atoms with E-state index in [0.29, 0.717) is 6.07 Å². The summed E-state index contributed by atoms with van der Waals surface area (Å²) in [6, 6.07) is 0.697. The molecule has 90 valence electrons. The van der Waals surface area contributed by atoms with E-state index in [2.05, 4.69) is 15.9 Å². The van der Waals surface area contributed by atoms with Crippen LogP contribution in [0.3, 0.4) is 0 Å². The quantitative estimate of drug-likeness (QED) is 0.638. The summed E-state index contributed by atoms with van der Waals surface area (Å²) in [6.07, 6.45) is 0. The fourth-order valence-electron chi connectivity index (χ4n) is 1.18. The first-order valence-corrected chi connectivity index (χ1v) is 4.64. The smallest absolute Gasteiger partial charge is 0.350 e. The van der Waals surface area contributed by atoms with Crippen molar-refractivity contribution in [1.29, 1.82) is 0 Å². The van der Waals surface area contributed by atoms with Crippen LogP contribution in [0, 0.1) is 20.2 Å². The summed E-state index contributed by atoms with van der Waals surface area (Å²) in [5.41, 5.74) is -3.37. The van der Waals surface area contributed by atoms with Gasteiger partial charge in [0.05, 0.1) is 9.85 Å². The topological polar surface area (TPSA) is 144 Å². The lowest BCUT2D eigenvalue weighted by atomic mass is 10.1. The Labute approximate surface area is 101 Å². The molecular formula is C7H3BrN2O7. The highest BCUT2D eigenvalue weighted by Crippen LogP contribution is 2.41. The average molecular weight is 307 g/mol. The van der Waals surface area contributed by atoms with Gasteiger partial charge in [0.15, 0.2) is 5.75 Å². The van der Waals surface area contributed by atoms with E-state index in [1.807, 2.05) is 0 Å². The SMILES string of the molecule is O=C(O)c1c([N+](=O)[O-])c(O)cc(Br)c1[N+](=O)[O-].